The van der Waals surface area contributed by atoms with Crippen molar-refractivity contribution in [2.24, 2.45) is 5.92 Å². The monoisotopic (exact) mass is 258 g/mol. The topological polar surface area (TPSA) is 99.1 Å². The number of amides is 1. The number of carboxylic acids is 1. The number of β-amino-alcohol motifs (C(OH)–C–C–N with tert-alkyl or cyclic N) is 1. The molecule has 0 saturated carbocycles. The van der Waals surface area contributed by atoms with Crippen LogP contribution in [0.4, 0.5) is 0 Å². The standard InChI is InChI=1S/C11H18N2O5/c1-12-8-5-18-4-7(8)10(15)13-3-6(14)2-9(13)11(16)17/h6-9,12,14H,2-5H2,1H3,(H,16,17). The second-order valence-corrected chi connectivity index (χ2v) is 4.77. The SMILES string of the molecule is CNC1COCC1C(=O)N1CC(O)CC1C(=O)O. The highest BCUT2D eigenvalue weighted by molar-refractivity contribution is 5.86. The predicted octanol–water partition coefficient (Wildman–Crippen LogP) is -1.73. The molecule has 3 N–H and O–H groups in total. The molecule has 0 aromatic carbocycles. The number of nitrogens with zero attached hydrogens (tertiary/aromatic N) is 1. The summed E-state index contributed by atoms with van der Waals surface area (Å²) in [5.74, 6) is -1.70. The summed E-state index contributed by atoms with van der Waals surface area (Å²) in [7, 11) is 1.74. The Morgan fingerprint density at radius 2 is 2.11 bits per heavy atom. The van der Waals surface area contributed by atoms with Crippen LogP contribution in [0.1, 0.15) is 6.42 Å². The quantitative estimate of drug-likeness (QED) is 0.556. The van der Waals surface area contributed by atoms with Crippen LogP contribution in [-0.2, 0) is 14.3 Å². The van der Waals surface area contributed by atoms with Crippen LogP contribution >= 0.6 is 0 Å². The number of carbonyl (C=O) groups excluding carboxylic acids is 1. The molecule has 2 fully saturated rings. The van der Waals surface area contributed by atoms with Crippen molar-refractivity contribution in [1.29, 1.82) is 0 Å². The molecule has 2 aliphatic rings. The molecular weight excluding hydrogens is 240 g/mol. The summed E-state index contributed by atoms with van der Waals surface area (Å²) in [6, 6.07) is -1.02. The first-order chi connectivity index (χ1) is 8.54. The molecule has 4 atom stereocenters. The van der Waals surface area contributed by atoms with Crippen LogP contribution in [0, 0.1) is 5.92 Å². The normalized spacial score (nSPS) is 36.0. The lowest BCUT2D eigenvalue weighted by atomic mass is 10.0. The molecule has 0 aromatic rings. The van der Waals surface area contributed by atoms with Gasteiger partial charge in [0.15, 0.2) is 0 Å². The number of nitrogens with one attached hydrogen (secondary N) is 1. The number of hydrogen-bond donors (Lipinski definition) is 3. The Hall–Kier alpha value is -1.18. The molecule has 2 saturated heterocycles. The van der Waals surface area contributed by atoms with Gasteiger partial charge in [0.2, 0.25) is 5.91 Å². The maximum absolute atomic E-state index is 12.3. The molecule has 2 aliphatic heterocycles. The first-order valence-electron chi connectivity index (χ1n) is 6.01. The first-order valence-corrected chi connectivity index (χ1v) is 6.01. The zero-order valence-electron chi connectivity index (χ0n) is 10.2. The molecule has 4 unspecified atom stereocenters. The zero-order chi connectivity index (χ0) is 13.3. The van der Waals surface area contributed by atoms with E-state index in [0.29, 0.717) is 13.2 Å². The van der Waals surface area contributed by atoms with Gasteiger partial charge in [-0.05, 0) is 7.05 Å². The minimum atomic E-state index is -1.07. The van der Waals surface area contributed by atoms with Gasteiger partial charge < -0.3 is 25.2 Å². The molecule has 0 aromatic heterocycles. The molecule has 2 heterocycles. The van der Waals surface area contributed by atoms with Crippen LogP contribution in [0.15, 0.2) is 0 Å². The largest absolute Gasteiger partial charge is 0.480 e. The van der Waals surface area contributed by atoms with Crippen molar-refractivity contribution < 1.29 is 24.5 Å². The van der Waals surface area contributed by atoms with Crippen LogP contribution in [-0.4, -0.2) is 72.0 Å². The van der Waals surface area contributed by atoms with Gasteiger partial charge in [0.05, 0.1) is 25.2 Å². The van der Waals surface area contributed by atoms with Gasteiger partial charge in [-0.25, -0.2) is 4.79 Å². The number of aliphatic hydroxyl groups excluding tert-OH is 1. The Morgan fingerprint density at radius 1 is 1.39 bits per heavy atom. The number of aliphatic carboxylic acids is 1. The third-order valence-corrected chi connectivity index (χ3v) is 3.62. The Bertz CT molecular complexity index is 348. The van der Waals surface area contributed by atoms with Gasteiger partial charge in [-0.3, -0.25) is 4.79 Å². The van der Waals surface area contributed by atoms with Gasteiger partial charge in [-0.15, -0.1) is 0 Å². The van der Waals surface area contributed by atoms with E-state index in [0.717, 1.165) is 0 Å². The Morgan fingerprint density at radius 3 is 2.72 bits per heavy atom. The summed E-state index contributed by atoms with van der Waals surface area (Å²) < 4.78 is 5.24. The fourth-order valence-corrected chi connectivity index (χ4v) is 2.59. The van der Waals surface area contributed by atoms with E-state index in [-0.39, 0.29) is 30.8 Å². The van der Waals surface area contributed by atoms with Crippen molar-refractivity contribution in [3.05, 3.63) is 0 Å². The number of carbonyl (C=O) groups is 2. The lowest BCUT2D eigenvalue weighted by Crippen LogP contribution is -2.48. The van der Waals surface area contributed by atoms with Gasteiger partial charge >= 0.3 is 5.97 Å². The van der Waals surface area contributed by atoms with E-state index in [1.807, 2.05) is 0 Å². The van der Waals surface area contributed by atoms with Gasteiger partial charge in [0, 0.05) is 19.0 Å². The van der Waals surface area contributed by atoms with Crippen molar-refractivity contribution in [3.8, 4) is 0 Å². The highest BCUT2D eigenvalue weighted by atomic mass is 16.5. The van der Waals surface area contributed by atoms with E-state index in [2.05, 4.69) is 5.32 Å². The second kappa shape index (κ2) is 5.21. The van der Waals surface area contributed by atoms with Gasteiger partial charge in [-0.2, -0.15) is 0 Å². The van der Waals surface area contributed by atoms with Crippen LogP contribution in [0.3, 0.4) is 0 Å². The number of likely N-dealkylation sites (tertiary alicyclic amines) is 1. The predicted molar refractivity (Wildman–Crippen MR) is 60.9 cm³/mol. The molecular formula is C11H18N2O5. The van der Waals surface area contributed by atoms with Gasteiger partial charge in [0.25, 0.3) is 0 Å². The van der Waals surface area contributed by atoms with Crippen LogP contribution in [0.2, 0.25) is 0 Å². The van der Waals surface area contributed by atoms with E-state index in [1.165, 1.54) is 4.90 Å². The molecule has 0 spiro atoms. The minimum Gasteiger partial charge on any atom is -0.480 e. The van der Waals surface area contributed by atoms with E-state index in [9.17, 15) is 14.7 Å². The van der Waals surface area contributed by atoms with Gasteiger partial charge in [0.1, 0.15) is 6.04 Å². The van der Waals surface area contributed by atoms with E-state index >= 15 is 0 Å². The van der Waals surface area contributed by atoms with Crippen molar-refractivity contribution in [2.45, 2.75) is 24.6 Å². The van der Waals surface area contributed by atoms with E-state index in [1.54, 1.807) is 7.05 Å². The maximum atomic E-state index is 12.3. The van der Waals surface area contributed by atoms with Crippen molar-refractivity contribution >= 4 is 11.9 Å². The lowest BCUT2D eigenvalue weighted by Gasteiger charge is -2.26. The molecule has 0 bridgehead atoms. The zero-order valence-corrected chi connectivity index (χ0v) is 10.2. The molecule has 18 heavy (non-hydrogen) atoms. The molecule has 102 valence electrons. The molecule has 0 radical (unpaired) electrons. The van der Waals surface area contributed by atoms with E-state index in [4.69, 9.17) is 9.84 Å². The Balaban J connectivity index is 2.10. The van der Waals surface area contributed by atoms with Crippen LogP contribution in [0.5, 0.6) is 0 Å². The number of carboxylic acid groups (broad SMARTS) is 1. The number of aliphatic hydroxyl groups is 1. The summed E-state index contributed by atoms with van der Waals surface area (Å²) in [5.41, 5.74) is 0. The number of hydrogen-bond acceptors (Lipinski definition) is 5. The fraction of sp³-hybridized carbons (Fsp3) is 0.818. The number of ether oxygens (including phenoxy) is 1. The average Bonchev–Trinajstić information content (AvgIpc) is 2.93. The van der Waals surface area contributed by atoms with Gasteiger partial charge in [-0.1, -0.05) is 0 Å². The van der Waals surface area contributed by atoms with Crippen molar-refractivity contribution in [2.75, 3.05) is 26.8 Å². The third-order valence-electron chi connectivity index (χ3n) is 3.62. The van der Waals surface area contributed by atoms with Crippen molar-refractivity contribution in [3.63, 3.8) is 0 Å². The van der Waals surface area contributed by atoms with Crippen LogP contribution in [0.25, 0.3) is 0 Å². The minimum absolute atomic E-state index is 0.0860. The molecule has 7 heteroatoms. The van der Waals surface area contributed by atoms with E-state index < -0.39 is 18.1 Å². The second-order valence-electron chi connectivity index (χ2n) is 4.77. The molecule has 7 nitrogen and oxygen atoms in total. The summed E-state index contributed by atoms with van der Waals surface area (Å²) >= 11 is 0. The molecule has 0 aliphatic carbocycles. The van der Waals surface area contributed by atoms with Crippen molar-refractivity contribution in [1.82, 2.24) is 10.2 Å². The highest BCUT2D eigenvalue weighted by Gasteiger charge is 2.44. The third kappa shape index (κ3) is 2.33. The fourth-order valence-electron chi connectivity index (χ4n) is 2.59. The van der Waals surface area contributed by atoms with Crippen LogP contribution < -0.4 is 5.32 Å². The maximum Gasteiger partial charge on any atom is 0.326 e. The molecule has 1 amide bonds. The lowest BCUT2D eigenvalue weighted by molar-refractivity contribution is -0.150. The number of likely N-dealkylation sites (N-methyl/N-ethyl adjacent to an activating group) is 1. The Kier molecular flexibility index (Phi) is 3.84. The summed E-state index contributed by atoms with van der Waals surface area (Å²) in [5, 5.41) is 21.6. The average molecular weight is 258 g/mol. The smallest absolute Gasteiger partial charge is 0.326 e. The number of rotatable bonds is 3. The summed E-state index contributed by atoms with van der Waals surface area (Å²) in [6.45, 7) is 0.826. The molecule has 2 rings (SSSR count). The first kappa shape index (κ1) is 13.3. The highest BCUT2D eigenvalue weighted by Crippen LogP contribution is 2.24. The summed E-state index contributed by atoms with van der Waals surface area (Å²) in [4.78, 5) is 24.6. The Labute approximate surface area is 105 Å². The summed E-state index contributed by atoms with van der Waals surface area (Å²) in [6.07, 6.45) is -0.663.